The fraction of sp³-hybridized carbons (Fsp3) is 0.647. The van der Waals surface area contributed by atoms with Crippen molar-refractivity contribution in [1.82, 2.24) is 5.32 Å². The maximum absolute atomic E-state index is 5.75. The van der Waals surface area contributed by atoms with E-state index in [0.717, 1.165) is 31.1 Å². The Hall–Kier alpha value is -0.510. The van der Waals surface area contributed by atoms with Crippen molar-refractivity contribution in [3.8, 4) is 0 Å². The molecule has 2 fully saturated rings. The molecule has 3 aliphatic rings. The lowest BCUT2D eigenvalue weighted by Gasteiger charge is -2.30. The van der Waals surface area contributed by atoms with Gasteiger partial charge in [0.1, 0.15) is 0 Å². The van der Waals surface area contributed by atoms with E-state index < -0.39 is 0 Å². The molecule has 2 unspecified atom stereocenters. The minimum Gasteiger partial charge on any atom is -0.381 e. The Morgan fingerprint density at radius 3 is 2.95 bits per heavy atom. The summed E-state index contributed by atoms with van der Waals surface area (Å²) in [5.41, 5.74) is 1.94. The molecule has 0 radical (unpaired) electrons. The Bertz CT molecular complexity index is 455. The molecule has 0 spiro atoms. The predicted molar refractivity (Wildman–Crippen MR) is 83.3 cm³/mol. The zero-order chi connectivity index (χ0) is 13.4. The topological polar surface area (TPSA) is 21.3 Å². The van der Waals surface area contributed by atoms with E-state index in [1.54, 1.807) is 5.56 Å². The molecule has 2 aliphatic heterocycles. The molecule has 108 valence electrons. The first kappa shape index (κ1) is 13.2. The van der Waals surface area contributed by atoms with Crippen LogP contribution in [0.4, 0.5) is 0 Å². The Morgan fingerprint density at radius 2 is 2.20 bits per heavy atom. The normalized spacial score (nSPS) is 32.5. The largest absolute Gasteiger partial charge is 0.381 e. The number of rotatable bonds is 5. The fourth-order valence-corrected chi connectivity index (χ4v) is 5.04. The molecule has 0 amide bonds. The lowest BCUT2D eigenvalue weighted by molar-refractivity contribution is 0.143. The molecule has 2 nitrogen and oxygen atoms in total. The summed E-state index contributed by atoms with van der Waals surface area (Å²) in [4.78, 5) is 1.50. The maximum Gasteiger partial charge on any atom is 0.0535 e. The molecule has 2 atom stereocenters. The number of hydrogen-bond acceptors (Lipinski definition) is 3. The molecule has 1 saturated carbocycles. The van der Waals surface area contributed by atoms with Gasteiger partial charge in [0.25, 0.3) is 0 Å². The van der Waals surface area contributed by atoms with Gasteiger partial charge in [0.2, 0.25) is 0 Å². The van der Waals surface area contributed by atoms with Crippen LogP contribution < -0.4 is 5.32 Å². The Balaban J connectivity index is 1.41. The van der Waals surface area contributed by atoms with Crippen LogP contribution in [0.3, 0.4) is 0 Å². The summed E-state index contributed by atoms with van der Waals surface area (Å²) < 4.78 is 5.75. The highest BCUT2D eigenvalue weighted by molar-refractivity contribution is 8.00. The van der Waals surface area contributed by atoms with Crippen molar-refractivity contribution < 1.29 is 4.74 Å². The molecule has 20 heavy (non-hydrogen) atoms. The van der Waals surface area contributed by atoms with Crippen LogP contribution in [0.25, 0.3) is 0 Å². The van der Waals surface area contributed by atoms with Crippen molar-refractivity contribution >= 4 is 11.8 Å². The maximum atomic E-state index is 5.75. The van der Waals surface area contributed by atoms with Crippen molar-refractivity contribution in [2.45, 2.75) is 48.3 Å². The SMILES string of the molecule is c1ccc2c(c1)CC(CC1(CNC3CC3)CCOC1)S2. The van der Waals surface area contributed by atoms with E-state index in [0.29, 0.717) is 5.41 Å². The molecule has 4 rings (SSSR count). The third-order valence-electron chi connectivity index (χ3n) is 4.90. The van der Waals surface area contributed by atoms with Crippen LogP contribution in [0.15, 0.2) is 29.2 Å². The van der Waals surface area contributed by atoms with E-state index in [2.05, 4.69) is 41.3 Å². The van der Waals surface area contributed by atoms with Crippen LogP contribution in [0.2, 0.25) is 0 Å². The van der Waals surface area contributed by atoms with Crippen LogP contribution in [-0.4, -0.2) is 31.1 Å². The number of nitrogens with one attached hydrogen (secondary N) is 1. The van der Waals surface area contributed by atoms with Crippen LogP contribution in [-0.2, 0) is 11.2 Å². The average Bonchev–Trinajstić information content (AvgIpc) is 3.03. The summed E-state index contributed by atoms with van der Waals surface area (Å²) >= 11 is 2.09. The van der Waals surface area contributed by atoms with Gasteiger partial charge in [-0.1, -0.05) is 18.2 Å². The van der Waals surface area contributed by atoms with E-state index in [-0.39, 0.29) is 0 Å². The summed E-state index contributed by atoms with van der Waals surface area (Å²) in [5.74, 6) is 0. The number of hydrogen-bond donors (Lipinski definition) is 1. The van der Waals surface area contributed by atoms with Crippen LogP contribution in [0.5, 0.6) is 0 Å². The van der Waals surface area contributed by atoms with Gasteiger partial charge < -0.3 is 10.1 Å². The Labute approximate surface area is 125 Å². The highest BCUT2D eigenvalue weighted by Gasteiger charge is 2.39. The lowest BCUT2D eigenvalue weighted by Crippen LogP contribution is -2.38. The van der Waals surface area contributed by atoms with E-state index in [1.165, 1.54) is 37.0 Å². The summed E-state index contributed by atoms with van der Waals surface area (Å²) in [6.07, 6.45) is 6.53. The lowest BCUT2D eigenvalue weighted by atomic mass is 9.81. The number of benzene rings is 1. The van der Waals surface area contributed by atoms with Crippen molar-refractivity contribution in [2.24, 2.45) is 5.41 Å². The van der Waals surface area contributed by atoms with Crippen molar-refractivity contribution in [3.63, 3.8) is 0 Å². The number of fused-ring (bicyclic) bond motifs is 1. The zero-order valence-electron chi connectivity index (χ0n) is 11.9. The number of thioether (sulfide) groups is 1. The monoisotopic (exact) mass is 289 g/mol. The van der Waals surface area contributed by atoms with Crippen molar-refractivity contribution in [1.29, 1.82) is 0 Å². The quantitative estimate of drug-likeness (QED) is 0.899. The molecular weight excluding hydrogens is 266 g/mol. The third kappa shape index (κ3) is 2.76. The van der Waals surface area contributed by atoms with Gasteiger partial charge in [-0.3, -0.25) is 0 Å². The van der Waals surface area contributed by atoms with Gasteiger partial charge in [-0.25, -0.2) is 0 Å². The van der Waals surface area contributed by atoms with Crippen molar-refractivity contribution in [3.05, 3.63) is 29.8 Å². The van der Waals surface area contributed by atoms with Gasteiger partial charge >= 0.3 is 0 Å². The highest BCUT2D eigenvalue weighted by Crippen LogP contribution is 2.44. The first-order chi connectivity index (χ1) is 9.83. The summed E-state index contributed by atoms with van der Waals surface area (Å²) in [5, 5.41) is 4.49. The van der Waals surface area contributed by atoms with Gasteiger partial charge in [-0.2, -0.15) is 0 Å². The molecule has 3 heteroatoms. The summed E-state index contributed by atoms with van der Waals surface area (Å²) in [6.45, 7) is 3.07. The molecule has 0 aromatic heterocycles. The van der Waals surface area contributed by atoms with E-state index in [1.807, 2.05) is 0 Å². The molecule has 2 heterocycles. The van der Waals surface area contributed by atoms with Crippen molar-refractivity contribution in [2.75, 3.05) is 19.8 Å². The second kappa shape index (κ2) is 5.36. The highest BCUT2D eigenvalue weighted by atomic mass is 32.2. The minimum absolute atomic E-state index is 0.391. The first-order valence-electron chi connectivity index (χ1n) is 7.89. The van der Waals surface area contributed by atoms with Gasteiger partial charge in [0, 0.05) is 34.8 Å². The fourth-order valence-electron chi connectivity index (χ4n) is 3.52. The second-order valence-corrected chi connectivity index (χ2v) is 8.06. The zero-order valence-corrected chi connectivity index (χ0v) is 12.8. The molecule has 1 aliphatic carbocycles. The van der Waals surface area contributed by atoms with E-state index in [9.17, 15) is 0 Å². The van der Waals surface area contributed by atoms with Gasteiger partial charge in [0.15, 0.2) is 0 Å². The van der Waals surface area contributed by atoms with Gasteiger partial charge in [0.05, 0.1) is 6.61 Å². The third-order valence-corrected chi connectivity index (χ3v) is 6.22. The second-order valence-electron chi connectivity index (χ2n) is 6.71. The summed E-state index contributed by atoms with van der Waals surface area (Å²) in [7, 11) is 0. The minimum atomic E-state index is 0.391. The van der Waals surface area contributed by atoms with Gasteiger partial charge in [-0.15, -0.1) is 11.8 Å². The molecule has 1 aromatic carbocycles. The molecule has 1 saturated heterocycles. The van der Waals surface area contributed by atoms with E-state index in [4.69, 9.17) is 4.74 Å². The van der Waals surface area contributed by atoms with Crippen LogP contribution in [0.1, 0.15) is 31.2 Å². The Kier molecular flexibility index (Phi) is 3.53. The molecule has 1 N–H and O–H groups in total. The Morgan fingerprint density at radius 1 is 1.30 bits per heavy atom. The first-order valence-corrected chi connectivity index (χ1v) is 8.77. The molecular formula is C17H23NOS. The smallest absolute Gasteiger partial charge is 0.0535 e. The standard InChI is InChI=1S/C17H23NOS/c1-2-4-16-13(3-1)9-15(20-16)10-17(7-8-19-12-17)11-18-14-5-6-14/h1-4,14-15,18H,5-12H2. The molecule has 0 bridgehead atoms. The molecule has 1 aromatic rings. The number of ether oxygens (including phenoxy) is 1. The van der Waals surface area contributed by atoms with Crippen LogP contribution in [0, 0.1) is 5.41 Å². The van der Waals surface area contributed by atoms with Gasteiger partial charge in [-0.05, 0) is 43.7 Å². The van der Waals surface area contributed by atoms with E-state index >= 15 is 0 Å². The average molecular weight is 289 g/mol. The summed E-state index contributed by atoms with van der Waals surface area (Å²) in [6, 6.07) is 9.71. The predicted octanol–water partition coefficient (Wildman–Crippen LogP) is 3.25. The van der Waals surface area contributed by atoms with Crippen LogP contribution >= 0.6 is 11.8 Å².